The van der Waals surface area contributed by atoms with E-state index in [-0.39, 0.29) is 0 Å². The number of ether oxygens (including phenoxy) is 1. The number of benzene rings is 2. The van der Waals surface area contributed by atoms with E-state index in [1.54, 1.807) is 13.4 Å². The zero-order valence-electron chi connectivity index (χ0n) is 16.6. The van der Waals surface area contributed by atoms with Gasteiger partial charge < -0.3 is 13.7 Å². The molecule has 0 bridgehead atoms. The number of H-pyrrole nitrogens is 1. The van der Waals surface area contributed by atoms with E-state index >= 15 is 0 Å². The zero-order valence-corrected chi connectivity index (χ0v) is 17.4. The van der Waals surface area contributed by atoms with Gasteiger partial charge in [-0.1, -0.05) is 18.2 Å². The molecule has 0 fully saturated rings. The summed E-state index contributed by atoms with van der Waals surface area (Å²) in [7, 11) is 1.67. The van der Waals surface area contributed by atoms with Crippen LogP contribution in [0, 0.1) is 11.7 Å². The molecule has 0 aliphatic carbocycles. The summed E-state index contributed by atoms with van der Waals surface area (Å²) in [5, 5.41) is 8.62. The van der Waals surface area contributed by atoms with Gasteiger partial charge in [0.2, 0.25) is 0 Å². The second kappa shape index (κ2) is 7.35. The molecule has 7 heteroatoms. The van der Waals surface area contributed by atoms with Crippen LogP contribution in [0.15, 0.2) is 71.3 Å². The molecule has 0 amide bonds. The molecular formula is C23H20N4O2S. The van der Waals surface area contributed by atoms with Gasteiger partial charge in [-0.3, -0.25) is 9.67 Å². The maximum absolute atomic E-state index is 5.61. The number of nitrogens with zero attached hydrogens (tertiary/aromatic N) is 3. The lowest BCUT2D eigenvalue weighted by molar-refractivity contribution is 0.415. The summed E-state index contributed by atoms with van der Waals surface area (Å²) in [6, 6.07) is 20.0. The molecule has 3 aromatic heterocycles. The Morgan fingerprint density at radius 2 is 1.93 bits per heavy atom. The molecule has 150 valence electrons. The standard InChI is InChI=1S/C23H20N4O2S/c1-15-21(22-24-25-23(30)27(22)16-7-4-3-5-8-16)19-13-17(28-2)10-11-20(19)26(15)14-18-9-6-12-29-18/h3-13H,14H2,1-2H3,(H,25,30). The van der Waals surface area contributed by atoms with Crippen LogP contribution in [0.1, 0.15) is 11.5 Å². The van der Waals surface area contributed by atoms with E-state index in [1.807, 2.05) is 59.2 Å². The largest absolute Gasteiger partial charge is 0.497 e. The molecule has 1 N–H and O–H groups in total. The van der Waals surface area contributed by atoms with Gasteiger partial charge in [0, 0.05) is 27.8 Å². The van der Waals surface area contributed by atoms with Crippen molar-refractivity contribution >= 4 is 23.1 Å². The van der Waals surface area contributed by atoms with Gasteiger partial charge in [0.05, 0.1) is 19.9 Å². The third-order valence-electron chi connectivity index (χ3n) is 5.33. The molecule has 0 unspecified atom stereocenters. The highest BCUT2D eigenvalue weighted by Crippen LogP contribution is 2.37. The third-order valence-corrected chi connectivity index (χ3v) is 5.61. The third kappa shape index (κ3) is 2.95. The average molecular weight is 417 g/mol. The Hall–Kier alpha value is -3.58. The number of aromatic amines is 1. The van der Waals surface area contributed by atoms with Crippen molar-refractivity contribution in [3.8, 4) is 22.8 Å². The Morgan fingerprint density at radius 3 is 2.67 bits per heavy atom. The molecule has 3 heterocycles. The van der Waals surface area contributed by atoms with Crippen molar-refractivity contribution in [2.45, 2.75) is 13.5 Å². The lowest BCUT2D eigenvalue weighted by Crippen LogP contribution is -2.02. The van der Waals surface area contributed by atoms with Gasteiger partial charge in [-0.2, -0.15) is 5.10 Å². The van der Waals surface area contributed by atoms with Crippen LogP contribution < -0.4 is 4.74 Å². The molecule has 5 aromatic rings. The highest BCUT2D eigenvalue weighted by molar-refractivity contribution is 7.71. The highest BCUT2D eigenvalue weighted by Gasteiger charge is 2.22. The SMILES string of the molecule is COc1ccc2c(c1)c(-c1n[nH]c(=S)n1-c1ccccc1)c(C)n2Cc1ccco1. The van der Waals surface area contributed by atoms with Crippen LogP contribution in [0.2, 0.25) is 0 Å². The maximum Gasteiger partial charge on any atom is 0.200 e. The molecule has 0 saturated heterocycles. The molecule has 0 radical (unpaired) electrons. The fourth-order valence-corrected chi connectivity index (χ4v) is 4.15. The van der Waals surface area contributed by atoms with Gasteiger partial charge in [-0.25, -0.2) is 0 Å². The summed E-state index contributed by atoms with van der Waals surface area (Å²) in [4.78, 5) is 0. The van der Waals surface area contributed by atoms with Crippen molar-refractivity contribution in [2.75, 3.05) is 7.11 Å². The van der Waals surface area contributed by atoms with Crippen LogP contribution in [-0.2, 0) is 6.54 Å². The van der Waals surface area contributed by atoms with E-state index in [0.29, 0.717) is 11.3 Å². The van der Waals surface area contributed by atoms with Crippen molar-refractivity contribution < 1.29 is 9.15 Å². The predicted molar refractivity (Wildman–Crippen MR) is 119 cm³/mol. The van der Waals surface area contributed by atoms with Gasteiger partial charge in [-0.15, -0.1) is 0 Å². The number of hydrogen-bond donors (Lipinski definition) is 1. The van der Waals surface area contributed by atoms with Gasteiger partial charge in [0.1, 0.15) is 11.5 Å². The summed E-state index contributed by atoms with van der Waals surface area (Å²) in [6.45, 7) is 2.72. The van der Waals surface area contributed by atoms with E-state index in [9.17, 15) is 0 Å². The Balaban J connectivity index is 1.80. The molecular weight excluding hydrogens is 396 g/mol. The van der Waals surface area contributed by atoms with Crippen molar-refractivity contribution in [1.82, 2.24) is 19.3 Å². The van der Waals surface area contributed by atoms with Crippen molar-refractivity contribution in [2.24, 2.45) is 0 Å². The number of fused-ring (bicyclic) bond motifs is 1. The second-order valence-electron chi connectivity index (χ2n) is 7.03. The molecule has 5 rings (SSSR count). The van der Waals surface area contributed by atoms with Gasteiger partial charge >= 0.3 is 0 Å². The van der Waals surface area contributed by atoms with Crippen LogP contribution in [0.4, 0.5) is 0 Å². The van der Waals surface area contributed by atoms with Gasteiger partial charge in [0.25, 0.3) is 0 Å². The first kappa shape index (κ1) is 18.4. The first-order valence-electron chi connectivity index (χ1n) is 9.60. The minimum Gasteiger partial charge on any atom is -0.497 e. The van der Waals surface area contributed by atoms with Gasteiger partial charge in [0.15, 0.2) is 10.6 Å². The lowest BCUT2D eigenvalue weighted by Gasteiger charge is -2.09. The van der Waals surface area contributed by atoms with E-state index in [2.05, 4.69) is 27.8 Å². The summed E-state index contributed by atoms with van der Waals surface area (Å²) in [5.74, 6) is 2.44. The molecule has 0 aliphatic rings. The van der Waals surface area contributed by atoms with E-state index < -0.39 is 0 Å². The smallest absolute Gasteiger partial charge is 0.200 e. The fraction of sp³-hybridized carbons (Fsp3) is 0.130. The summed E-state index contributed by atoms with van der Waals surface area (Å²) in [6.07, 6.45) is 1.70. The molecule has 0 saturated carbocycles. The first-order valence-corrected chi connectivity index (χ1v) is 10.0. The molecule has 30 heavy (non-hydrogen) atoms. The minimum atomic E-state index is 0.547. The number of hydrogen-bond acceptors (Lipinski definition) is 4. The topological polar surface area (TPSA) is 60.9 Å². The number of furan rings is 1. The van der Waals surface area contributed by atoms with Crippen LogP contribution in [-0.4, -0.2) is 26.4 Å². The second-order valence-corrected chi connectivity index (χ2v) is 7.42. The Morgan fingerprint density at radius 1 is 1.10 bits per heavy atom. The van der Waals surface area contributed by atoms with Crippen LogP contribution in [0.3, 0.4) is 0 Å². The van der Waals surface area contributed by atoms with Crippen molar-refractivity contribution in [3.63, 3.8) is 0 Å². The Kier molecular flexibility index (Phi) is 4.52. The monoisotopic (exact) mass is 416 g/mol. The van der Waals surface area contributed by atoms with Crippen LogP contribution in [0.5, 0.6) is 5.75 Å². The summed E-state index contributed by atoms with van der Waals surface area (Å²) >= 11 is 5.57. The molecule has 0 aliphatic heterocycles. The van der Waals surface area contributed by atoms with Crippen LogP contribution in [0.25, 0.3) is 28.0 Å². The fourth-order valence-electron chi connectivity index (χ4n) is 3.91. The predicted octanol–water partition coefficient (Wildman–Crippen LogP) is 5.51. The molecule has 2 aromatic carbocycles. The van der Waals surface area contributed by atoms with Crippen molar-refractivity contribution in [3.05, 3.63) is 83.2 Å². The zero-order chi connectivity index (χ0) is 20.7. The number of aromatic nitrogens is 4. The van der Waals surface area contributed by atoms with E-state index in [0.717, 1.165) is 45.2 Å². The molecule has 0 atom stereocenters. The highest BCUT2D eigenvalue weighted by atomic mass is 32.1. The Bertz CT molecular complexity index is 1380. The molecule has 6 nitrogen and oxygen atoms in total. The number of para-hydroxylation sites is 1. The van der Waals surface area contributed by atoms with E-state index in [1.165, 1.54) is 0 Å². The van der Waals surface area contributed by atoms with Crippen LogP contribution >= 0.6 is 12.2 Å². The maximum atomic E-state index is 5.61. The summed E-state index contributed by atoms with van der Waals surface area (Å²) in [5.41, 5.74) is 4.11. The lowest BCUT2D eigenvalue weighted by atomic mass is 10.1. The normalized spacial score (nSPS) is 11.3. The summed E-state index contributed by atoms with van der Waals surface area (Å²) < 4.78 is 15.9. The minimum absolute atomic E-state index is 0.547. The molecule has 0 spiro atoms. The quantitative estimate of drug-likeness (QED) is 0.384. The number of nitrogens with one attached hydrogen (secondary N) is 1. The first-order chi connectivity index (χ1) is 14.7. The van der Waals surface area contributed by atoms with E-state index in [4.69, 9.17) is 21.4 Å². The van der Waals surface area contributed by atoms with Crippen molar-refractivity contribution in [1.29, 1.82) is 0 Å². The number of methoxy groups -OCH3 is 1. The Labute approximate surface area is 178 Å². The average Bonchev–Trinajstić information content (AvgIpc) is 3.48. The van der Waals surface area contributed by atoms with Gasteiger partial charge in [-0.05, 0) is 61.6 Å². The number of rotatable bonds is 5.